The van der Waals surface area contributed by atoms with Crippen LogP contribution in [0.4, 0.5) is 0 Å². The Morgan fingerprint density at radius 3 is 2.54 bits per heavy atom. The summed E-state index contributed by atoms with van der Waals surface area (Å²) in [4.78, 5) is 24.2. The minimum atomic E-state index is -0.391. The van der Waals surface area contributed by atoms with Gasteiger partial charge in [-0.1, -0.05) is 35.8 Å². The molecule has 1 atom stereocenters. The molecule has 1 aromatic heterocycles. The first-order chi connectivity index (χ1) is 13.2. The van der Waals surface area contributed by atoms with E-state index in [0.29, 0.717) is 24.0 Å². The van der Waals surface area contributed by atoms with E-state index >= 15 is 0 Å². The van der Waals surface area contributed by atoms with Gasteiger partial charge in [-0.2, -0.15) is 0 Å². The Morgan fingerprint density at radius 1 is 1.14 bits per heavy atom. The molecule has 0 aliphatic carbocycles. The number of carbonyl (C=O) groups excluding carboxylic acids is 1. The summed E-state index contributed by atoms with van der Waals surface area (Å²) < 4.78 is 5.37. The Morgan fingerprint density at radius 2 is 1.86 bits per heavy atom. The van der Waals surface area contributed by atoms with Gasteiger partial charge < -0.3 is 9.52 Å². The summed E-state index contributed by atoms with van der Waals surface area (Å²) in [7, 11) is 0. The molecule has 1 N–H and O–H groups in total. The number of rotatable bonds is 7. The first kappa shape index (κ1) is 21.4. The van der Waals surface area contributed by atoms with Crippen molar-refractivity contribution < 1.29 is 14.3 Å². The zero-order valence-corrected chi connectivity index (χ0v) is 17.2. The van der Waals surface area contributed by atoms with Crippen LogP contribution in [0.25, 0.3) is 11.0 Å². The number of phenols is 1. The molecule has 0 saturated carbocycles. The lowest BCUT2D eigenvalue weighted by Crippen LogP contribution is -2.11. The van der Waals surface area contributed by atoms with Crippen molar-refractivity contribution in [1.29, 1.82) is 0 Å². The van der Waals surface area contributed by atoms with Crippen molar-refractivity contribution in [3.8, 4) is 5.75 Å². The van der Waals surface area contributed by atoms with Crippen LogP contribution in [0.15, 0.2) is 68.4 Å². The van der Waals surface area contributed by atoms with Crippen LogP contribution in [0.2, 0.25) is 0 Å². The molecule has 2 rings (SSSR count). The smallest absolute Gasteiger partial charge is 0.340 e. The Balaban J connectivity index is 2.13. The third kappa shape index (κ3) is 5.81. The summed E-state index contributed by atoms with van der Waals surface area (Å²) in [6, 6.07) is 6.57. The molecular formula is C24H28O4. The molecule has 0 bridgehead atoms. The second-order valence-electron chi connectivity index (χ2n) is 7.53. The number of ketones is 1. The Kier molecular flexibility index (Phi) is 7.16. The van der Waals surface area contributed by atoms with Crippen molar-refractivity contribution in [2.75, 3.05) is 0 Å². The zero-order valence-electron chi connectivity index (χ0n) is 17.2. The highest BCUT2D eigenvalue weighted by Crippen LogP contribution is 2.26. The number of fused-ring (bicyclic) bond motifs is 1. The fourth-order valence-corrected chi connectivity index (χ4v) is 3.01. The third-order valence-electron chi connectivity index (χ3n) is 4.70. The van der Waals surface area contributed by atoms with Gasteiger partial charge >= 0.3 is 5.63 Å². The van der Waals surface area contributed by atoms with Gasteiger partial charge in [-0.25, -0.2) is 4.79 Å². The maximum atomic E-state index is 12.4. The molecule has 0 amide bonds. The van der Waals surface area contributed by atoms with Crippen molar-refractivity contribution >= 4 is 16.8 Å². The Hall–Kier alpha value is -2.88. The van der Waals surface area contributed by atoms with Crippen LogP contribution >= 0.6 is 0 Å². The number of hydrogen-bond acceptors (Lipinski definition) is 4. The zero-order chi connectivity index (χ0) is 20.8. The maximum absolute atomic E-state index is 12.4. The largest absolute Gasteiger partial charge is 0.508 e. The van der Waals surface area contributed by atoms with E-state index in [1.54, 1.807) is 18.2 Å². The lowest BCUT2D eigenvalue weighted by atomic mass is 9.93. The molecule has 4 heteroatoms. The van der Waals surface area contributed by atoms with Crippen molar-refractivity contribution in [2.45, 2.75) is 53.4 Å². The van der Waals surface area contributed by atoms with Gasteiger partial charge in [0.25, 0.3) is 0 Å². The van der Waals surface area contributed by atoms with Crippen LogP contribution < -0.4 is 5.63 Å². The quantitative estimate of drug-likeness (QED) is 0.374. The van der Waals surface area contributed by atoms with E-state index < -0.39 is 5.63 Å². The Labute approximate surface area is 165 Å². The predicted octanol–water partition coefficient (Wildman–Crippen LogP) is 5.81. The van der Waals surface area contributed by atoms with E-state index in [1.165, 1.54) is 6.07 Å². The standard InChI is InChI=1S/C24H28O4/c1-15(2)11-21(26)12-16(3)7-6-8-17(4)18(5)22-13-19-9-10-20(25)14-23(19)28-24(22)27/h7-11,13-14,18,25H,6,12H2,1-5H3. The van der Waals surface area contributed by atoms with Crippen LogP contribution in [-0.4, -0.2) is 10.9 Å². The van der Waals surface area contributed by atoms with E-state index in [2.05, 4.69) is 6.08 Å². The summed E-state index contributed by atoms with van der Waals surface area (Å²) in [5, 5.41) is 10.3. The average molecular weight is 380 g/mol. The maximum Gasteiger partial charge on any atom is 0.340 e. The van der Waals surface area contributed by atoms with Gasteiger partial charge in [-0.15, -0.1) is 0 Å². The van der Waals surface area contributed by atoms with Crippen molar-refractivity contribution in [1.82, 2.24) is 0 Å². The lowest BCUT2D eigenvalue weighted by molar-refractivity contribution is -0.114. The number of allylic oxidation sites excluding steroid dienone is 6. The minimum absolute atomic E-state index is 0.0674. The Bertz CT molecular complexity index is 1010. The predicted molar refractivity (Wildman–Crippen MR) is 114 cm³/mol. The second kappa shape index (κ2) is 9.36. The topological polar surface area (TPSA) is 67.5 Å². The molecule has 1 aromatic carbocycles. The fourth-order valence-electron chi connectivity index (χ4n) is 3.01. The van der Waals surface area contributed by atoms with Crippen LogP contribution in [0, 0.1) is 0 Å². The average Bonchev–Trinajstić information content (AvgIpc) is 2.59. The van der Waals surface area contributed by atoms with Crippen LogP contribution in [0.5, 0.6) is 5.75 Å². The van der Waals surface area contributed by atoms with Crippen LogP contribution in [-0.2, 0) is 4.79 Å². The molecular weight excluding hydrogens is 352 g/mol. The SMILES string of the molecule is CC(C)=CC(=O)CC(C)=CCC=C(C)C(C)c1cc2ccc(O)cc2oc1=O. The number of hydrogen-bond donors (Lipinski definition) is 1. The van der Waals surface area contributed by atoms with Crippen molar-refractivity contribution in [2.24, 2.45) is 0 Å². The van der Waals surface area contributed by atoms with E-state index in [9.17, 15) is 14.7 Å². The number of benzene rings is 1. The van der Waals surface area contributed by atoms with Gasteiger partial charge in [-0.3, -0.25) is 4.79 Å². The first-order valence-corrected chi connectivity index (χ1v) is 9.44. The molecule has 0 radical (unpaired) electrons. The molecule has 1 heterocycles. The summed E-state index contributed by atoms with van der Waals surface area (Å²) in [5.74, 6) is 0.0934. The van der Waals surface area contributed by atoms with Gasteiger partial charge in [0.1, 0.15) is 11.3 Å². The lowest BCUT2D eigenvalue weighted by Gasteiger charge is -2.12. The summed E-state index contributed by atoms with van der Waals surface area (Å²) in [6.07, 6.45) is 6.91. The first-order valence-electron chi connectivity index (χ1n) is 9.44. The van der Waals surface area contributed by atoms with Crippen LogP contribution in [0.1, 0.15) is 58.9 Å². The molecule has 0 fully saturated rings. The highest BCUT2D eigenvalue weighted by Gasteiger charge is 2.14. The van der Waals surface area contributed by atoms with E-state index in [0.717, 1.165) is 22.1 Å². The molecule has 28 heavy (non-hydrogen) atoms. The molecule has 0 saturated heterocycles. The van der Waals surface area contributed by atoms with Crippen molar-refractivity contribution in [3.05, 3.63) is 75.2 Å². The van der Waals surface area contributed by atoms with Crippen molar-refractivity contribution in [3.63, 3.8) is 0 Å². The van der Waals surface area contributed by atoms with E-state index in [1.807, 2.05) is 46.8 Å². The molecule has 148 valence electrons. The summed E-state index contributed by atoms with van der Waals surface area (Å²) >= 11 is 0. The molecule has 0 aliphatic heterocycles. The summed E-state index contributed by atoms with van der Waals surface area (Å²) in [5.41, 5.74) is 3.67. The highest BCUT2D eigenvalue weighted by atomic mass is 16.4. The monoisotopic (exact) mass is 380 g/mol. The molecule has 1 unspecified atom stereocenters. The van der Waals surface area contributed by atoms with E-state index in [-0.39, 0.29) is 17.5 Å². The molecule has 0 spiro atoms. The van der Waals surface area contributed by atoms with Gasteiger partial charge in [0.05, 0.1) is 0 Å². The fraction of sp³-hybridized carbons (Fsp3) is 0.333. The minimum Gasteiger partial charge on any atom is -0.508 e. The summed E-state index contributed by atoms with van der Waals surface area (Å²) in [6.45, 7) is 9.74. The molecule has 0 aliphatic rings. The molecule has 4 nitrogen and oxygen atoms in total. The van der Waals surface area contributed by atoms with E-state index in [4.69, 9.17) is 4.42 Å². The second-order valence-corrected chi connectivity index (χ2v) is 7.53. The van der Waals surface area contributed by atoms with Gasteiger partial charge in [0.15, 0.2) is 5.78 Å². The molecule has 2 aromatic rings. The van der Waals surface area contributed by atoms with Gasteiger partial charge in [0, 0.05) is 29.4 Å². The normalized spacial score (nSPS) is 13.5. The highest BCUT2D eigenvalue weighted by molar-refractivity contribution is 5.91. The number of carbonyl (C=O) groups is 1. The number of aromatic hydroxyl groups is 1. The van der Waals surface area contributed by atoms with Crippen LogP contribution in [0.3, 0.4) is 0 Å². The number of phenolic OH excluding ortho intramolecular Hbond substituents is 1. The van der Waals surface area contributed by atoms with Gasteiger partial charge in [0.2, 0.25) is 0 Å². The third-order valence-corrected chi connectivity index (χ3v) is 4.70. The van der Waals surface area contributed by atoms with Gasteiger partial charge in [-0.05, 0) is 58.4 Å².